The van der Waals surface area contributed by atoms with Gasteiger partial charge >= 0.3 is 5.97 Å². The smallest absolute Gasteiger partial charge is 0.338 e. The van der Waals surface area contributed by atoms with Crippen molar-refractivity contribution in [2.24, 2.45) is 0 Å². The van der Waals surface area contributed by atoms with E-state index in [0.717, 1.165) is 16.3 Å². The van der Waals surface area contributed by atoms with Gasteiger partial charge in [0.2, 0.25) is 5.91 Å². The van der Waals surface area contributed by atoms with Crippen molar-refractivity contribution in [3.8, 4) is 11.3 Å². The molecule has 0 bridgehead atoms. The molecule has 3 aromatic rings. The lowest BCUT2D eigenvalue weighted by atomic mass is 10.2. The number of esters is 1. The molecule has 0 aliphatic heterocycles. The predicted molar refractivity (Wildman–Crippen MR) is 105 cm³/mol. The van der Waals surface area contributed by atoms with E-state index in [1.54, 1.807) is 43.6 Å². The zero-order valence-corrected chi connectivity index (χ0v) is 15.7. The summed E-state index contributed by atoms with van der Waals surface area (Å²) in [7, 11) is 0. The number of aromatic nitrogens is 2. The van der Waals surface area contributed by atoms with E-state index in [4.69, 9.17) is 4.74 Å². The molecule has 7 heteroatoms. The predicted octanol–water partition coefficient (Wildman–Crippen LogP) is 3.95. The average molecular weight is 381 g/mol. The third-order valence-corrected chi connectivity index (χ3v) is 4.66. The molecule has 138 valence electrons. The Hall–Kier alpha value is -3.06. The van der Waals surface area contributed by atoms with Crippen LogP contribution in [-0.2, 0) is 16.0 Å². The topological polar surface area (TPSA) is 81.2 Å². The normalized spacial score (nSPS) is 10.4. The highest BCUT2D eigenvalue weighted by Gasteiger charge is 2.09. The number of ether oxygens (including phenoxy) is 1. The number of amides is 1. The van der Waals surface area contributed by atoms with Crippen molar-refractivity contribution in [2.75, 3.05) is 11.9 Å². The second-order valence-electron chi connectivity index (χ2n) is 5.71. The van der Waals surface area contributed by atoms with Crippen molar-refractivity contribution in [2.45, 2.75) is 19.8 Å². The van der Waals surface area contributed by atoms with Crippen LogP contribution in [0.15, 0.2) is 54.2 Å². The molecule has 6 nitrogen and oxygen atoms in total. The molecule has 0 unspecified atom stereocenters. The number of carbonyl (C=O) groups excluding carboxylic acids is 2. The van der Waals surface area contributed by atoms with Gasteiger partial charge in [-0.05, 0) is 43.3 Å². The number of hydrogen-bond acceptors (Lipinski definition) is 6. The van der Waals surface area contributed by atoms with E-state index < -0.39 is 0 Å². The highest BCUT2D eigenvalue weighted by molar-refractivity contribution is 7.09. The number of thiazole rings is 1. The summed E-state index contributed by atoms with van der Waals surface area (Å²) in [5.74, 6) is -0.472. The maximum atomic E-state index is 12.1. The highest BCUT2D eigenvalue weighted by Crippen LogP contribution is 2.21. The van der Waals surface area contributed by atoms with Gasteiger partial charge in [-0.1, -0.05) is 0 Å². The number of carbonyl (C=O) groups is 2. The first-order valence-electron chi connectivity index (χ1n) is 8.57. The first-order valence-corrected chi connectivity index (χ1v) is 9.45. The summed E-state index contributed by atoms with van der Waals surface area (Å²) >= 11 is 1.53. The molecule has 1 aromatic carbocycles. The third kappa shape index (κ3) is 5.21. The number of nitrogens with one attached hydrogen (secondary N) is 1. The molecule has 0 radical (unpaired) electrons. The summed E-state index contributed by atoms with van der Waals surface area (Å²) in [5.41, 5.74) is 2.94. The number of benzene rings is 1. The molecule has 0 saturated heterocycles. The molecule has 2 heterocycles. The summed E-state index contributed by atoms with van der Waals surface area (Å²) in [6.07, 6.45) is 4.39. The summed E-state index contributed by atoms with van der Waals surface area (Å²) in [6.45, 7) is 2.09. The van der Waals surface area contributed by atoms with E-state index in [1.807, 2.05) is 17.5 Å². The van der Waals surface area contributed by atoms with Gasteiger partial charge < -0.3 is 10.1 Å². The number of hydrogen-bond donors (Lipinski definition) is 1. The Kier molecular flexibility index (Phi) is 6.27. The summed E-state index contributed by atoms with van der Waals surface area (Å²) in [4.78, 5) is 32.4. The molecule has 0 saturated carbocycles. The number of anilines is 1. The Morgan fingerprint density at radius 1 is 1.19 bits per heavy atom. The summed E-state index contributed by atoms with van der Waals surface area (Å²) < 4.78 is 4.93. The van der Waals surface area contributed by atoms with E-state index in [-0.39, 0.29) is 11.9 Å². The number of pyridine rings is 1. The molecule has 1 amide bonds. The number of nitrogens with zero attached hydrogens (tertiary/aromatic N) is 2. The van der Waals surface area contributed by atoms with Gasteiger partial charge in [-0.15, -0.1) is 11.3 Å². The molecular weight excluding hydrogens is 362 g/mol. The molecule has 0 aliphatic rings. The average Bonchev–Trinajstić information content (AvgIpc) is 3.17. The van der Waals surface area contributed by atoms with Crippen molar-refractivity contribution in [1.29, 1.82) is 0 Å². The van der Waals surface area contributed by atoms with Gasteiger partial charge in [0.05, 0.1) is 22.9 Å². The fraction of sp³-hybridized carbons (Fsp3) is 0.200. The van der Waals surface area contributed by atoms with Gasteiger partial charge in [-0.2, -0.15) is 0 Å². The monoisotopic (exact) mass is 381 g/mol. The lowest BCUT2D eigenvalue weighted by molar-refractivity contribution is -0.116. The van der Waals surface area contributed by atoms with Crippen LogP contribution in [0.3, 0.4) is 0 Å². The van der Waals surface area contributed by atoms with E-state index in [0.29, 0.717) is 30.7 Å². The zero-order chi connectivity index (χ0) is 19.1. The summed E-state index contributed by atoms with van der Waals surface area (Å²) in [5, 5.41) is 5.70. The molecule has 3 rings (SSSR count). The van der Waals surface area contributed by atoms with Crippen molar-refractivity contribution in [3.05, 3.63) is 64.7 Å². The fourth-order valence-corrected chi connectivity index (χ4v) is 3.23. The SMILES string of the molecule is CCOC(=O)c1ccc(NC(=O)CCc2nc(-c3cccnc3)cs2)cc1. The standard InChI is InChI=1S/C20H19N3O3S/c1-2-26-20(25)14-5-7-16(8-6-14)22-18(24)9-10-19-23-17(13-27-19)15-4-3-11-21-12-15/h3-8,11-13H,2,9-10H2,1H3,(H,22,24). The van der Waals surface area contributed by atoms with Crippen LogP contribution in [0, 0.1) is 0 Å². The van der Waals surface area contributed by atoms with Crippen LogP contribution in [0.5, 0.6) is 0 Å². The van der Waals surface area contributed by atoms with E-state index in [2.05, 4.69) is 15.3 Å². The third-order valence-electron chi connectivity index (χ3n) is 3.75. The van der Waals surface area contributed by atoms with Crippen LogP contribution in [0.25, 0.3) is 11.3 Å². The molecule has 27 heavy (non-hydrogen) atoms. The van der Waals surface area contributed by atoms with Crippen molar-refractivity contribution in [1.82, 2.24) is 9.97 Å². The largest absolute Gasteiger partial charge is 0.462 e. The van der Waals surface area contributed by atoms with E-state index in [1.165, 1.54) is 11.3 Å². The van der Waals surface area contributed by atoms with E-state index in [9.17, 15) is 9.59 Å². The molecular formula is C20H19N3O3S. The molecule has 0 aliphatic carbocycles. The highest BCUT2D eigenvalue weighted by atomic mass is 32.1. The van der Waals surface area contributed by atoms with Gasteiger partial charge in [0, 0.05) is 41.9 Å². The Morgan fingerprint density at radius 3 is 2.70 bits per heavy atom. The van der Waals surface area contributed by atoms with Gasteiger partial charge in [-0.3, -0.25) is 9.78 Å². The quantitative estimate of drug-likeness (QED) is 0.627. The van der Waals surface area contributed by atoms with Gasteiger partial charge in [0.15, 0.2) is 0 Å². The van der Waals surface area contributed by atoms with Crippen molar-refractivity contribution >= 4 is 28.9 Å². The van der Waals surface area contributed by atoms with Crippen LogP contribution < -0.4 is 5.32 Å². The zero-order valence-electron chi connectivity index (χ0n) is 14.8. The molecule has 0 atom stereocenters. The van der Waals surface area contributed by atoms with Crippen LogP contribution in [0.2, 0.25) is 0 Å². The minimum atomic E-state index is -0.372. The summed E-state index contributed by atoms with van der Waals surface area (Å²) in [6, 6.07) is 10.5. The lowest BCUT2D eigenvalue weighted by Crippen LogP contribution is -2.12. The van der Waals surface area contributed by atoms with E-state index >= 15 is 0 Å². The minimum absolute atomic E-state index is 0.1000. The Labute approximate surface area is 161 Å². The molecule has 1 N–H and O–H groups in total. The second-order valence-corrected chi connectivity index (χ2v) is 6.66. The molecule has 0 spiro atoms. The van der Waals surface area contributed by atoms with Crippen molar-refractivity contribution < 1.29 is 14.3 Å². The number of aryl methyl sites for hydroxylation is 1. The number of rotatable bonds is 7. The van der Waals surface area contributed by atoms with Crippen LogP contribution in [-0.4, -0.2) is 28.5 Å². The molecule has 0 fully saturated rings. The maximum Gasteiger partial charge on any atom is 0.338 e. The maximum absolute atomic E-state index is 12.1. The lowest BCUT2D eigenvalue weighted by Gasteiger charge is -2.06. The fourth-order valence-electron chi connectivity index (χ4n) is 2.42. The van der Waals surface area contributed by atoms with Crippen LogP contribution >= 0.6 is 11.3 Å². The van der Waals surface area contributed by atoms with Gasteiger partial charge in [0.25, 0.3) is 0 Å². The van der Waals surface area contributed by atoms with Gasteiger partial charge in [-0.25, -0.2) is 9.78 Å². The first-order chi connectivity index (χ1) is 13.2. The molecule has 2 aromatic heterocycles. The Bertz CT molecular complexity index is 908. The van der Waals surface area contributed by atoms with Crippen LogP contribution in [0.4, 0.5) is 5.69 Å². The minimum Gasteiger partial charge on any atom is -0.462 e. The second kappa shape index (κ2) is 9.05. The Morgan fingerprint density at radius 2 is 2.00 bits per heavy atom. The Balaban J connectivity index is 1.51. The van der Waals surface area contributed by atoms with Crippen molar-refractivity contribution in [3.63, 3.8) is 0 Å². The van der Waals surface area contributed by atoms with Gasteiger partial charge in [0.1, 0.15) is 0 Å². The first kappa shape index (κ1) is 18.7. The van der Waals surface area contributed by atoms with Crippen LogP contribution in [0.1, 0.15) is 28.7 Å².